The Kier molecular flexibility index (Phi) is 4.95. The highest BCUT2D eigenvalue weighted by Gasteiger charge is 2.45. The van der Waals surface area contributed by atoms with Gasteiger partial charge in [0.2, 0.25) is 5.91 Å². The minimum Gasteiger partial charge on any atom is -0.343 e. The van der Waals surface area contributed by atoms with Gasteiger partial charge in [-0.1, -0.05) is 0 Å². The summed E-state index contributed by atoms with van der Waals surface area (Å²) < 4.78 is 77.7. The lowest BCUT2D eigenvalue weighted by atomic mass is 9.72. The van der Waals surface area contributed by atoms with Crippen molar-refractivity contribution in [3.05, 3.63) is 34.9 Å². The summed E-state index contributed by atoms with van der Waals surface area (Å²) in [6.45, 7) is 4.09. The second kappa shape index (κ2) is 6.68. The summed E-state index contributed by atoms with van der Waals surface area (Å²) in [4.78, 5) is 15.0. The molecule has 1 amide bonds. The highest BCUT2D eigenvalue weighted by Crippen LogP contribution is 2.42. The van der Waals surface area contributed by atoms with E-state index in [1.165, 1.54) is 6.92 Å². The van der Waals surface area contributed by atoms with Gasteiger partial charge in [0.25, 0.3) is 0 Å². The van der Waals surface area contributed by atoms with Crippen LogP contribution in [0, 0.1) is 5.41 Å². The molecular formula is C18H20F6N2O. The van der Waals surface area contributed by atoms with E-state index in [0.717, 1.165) is 25.0 Å². The molecule has 2 aliphatic heterocycles. The number of carbonyl (C=O) groups is 1. The lowest BCUT2D eigenvalue weighted by molar-refractivity contribution is -0.143. The molecule has 9 heteroatoms. The molecule has 2 saturated heterocycles. The Balaban J connectivity index is 1.68. The van der Waals surface area contributed by atoms with Crippen LogP contribution in [0.15, 0.2) is 18.2 Å². The van der Waals surface area contributed by atoms with Crippen molar-refractivity contribution in [2.45, 2.75) is 38.7 Å². The van der Waals surface area contributed by atoms with Gasteiger partial charge in [-0.2, -0.15) is 26.3 Å². The topological polar surface area (TPSA) is 23.6 Å². The molecule has 0 aliphatic carbocycles. The van der Waals surface area contributed by atoms with Gasteiger partial charge >= 0.3 is 12.4 Å². The average molecular weight is 394 g/mol. The van der Waals surface area contributed by atoms with Crippen molar-refractivity contribution in [1.29, 1.82) is 0 Å². The number of carbonyl (C=O) groups excluding carboxylic acids is 1. The van der Waals surface area contributed by atoms with Crippen LogP contribution < -0.4 is 0 Å². The molecule has 3 nitrogen and oxygen atoms in total. The largest absolute Gasteiger partial charge is 0.416 e. The highest BCUT2D eigenvalue weighted by atomic mass is 19.4. The number of likely N-dealkylation sites (tertiary alicyclic amines) is 2. The van der Waals surface area contributed by atoms with Gasteiger partial charge in [-0.25, -0.2) is 0 Å². The molecule has 0 aromatic heterocycles. The number of alkyl halides is 6. The molecule has 27 heavy (non-hydrogen) atoms. The van der Waals surface area contributed by atoms with Crippen LogP contribution in [-0.2, 0) is 23.7 Å². The van der Waals surface area contributed by atoms with Crippen LogP contribution in [0.2, 0.25) is 0 Å². The van der Waals surface area contributed by atoms with E-state index in [4.69, 9.17) is 0 Å². The smallest absolute Gasteiger partial charge is 0.343 e. The maximum absolute atomic E-state index is 12.9. The fourth-order valence-electron chi connectivity index (χ4n) is 4.00. The predicted octanol–water partition coefficient (Wildman–Crippen LogP) is 4.17. The minimum atomic E-state index is -4.83. The zero-order valence-electron chi connectivity index (χ0n) is 14.8. The second-order valence-electron chi connectivity index (χ2n) is 7.57. The monoisotopic (exact) mass is 394 g/mol. The van der Waals surface area contributed by atoms with Crippen molar-refractivity contribution >= 4 is 5.91 Å². The Morgan fingerprint density at radius 2 is 1.44 bits per heavy atom. The fourth-order valence-corrected chi connectivity index (χ4v) is 4.00. The van der Waals surface area contributed by atoms with E-state index in [9.17, 15) is 31.1 Å². The van der Waals surface area contributed by atoms with Crippen LogP contribution in [0.4, 0.5) is 26.3 Å². The Labute approximate surface area is 152 Å². The van der Waals surface area contributed by atoms with Crippen molar-refractivity contribution < 1.29 is 31.1 Å². The number of hydrogen-bond donors (Lipinski definition) is 0. The standard InChI is InChI=1S/C18H20F6N2O/c1-12(27)26-4-2-16(3-5-26)10-25(11-16)9-13-6-14(17(19,20)21)8-15(7-13)18(22,23)24/h6-8H,2-5,9-11H2,1H3. The first-order valence-corrected chi connectivity index (χ1v) is 8.64. The van der Waals surface area contributed by atoms with E-state index in [-0.39, 0.29) is 29.5 Å². The van der Waals surface area contributed by atoms with Crippen LogP contribution in [-0.4, -0.2) is 41.9 Å². The van der Waals surface area contributed by atoms with Gasteiger partial charge in [-0.3, -0.25) is 9.69 Å². The van der Waals surface area contributed by atoms with E-state index in [2.05, 4.69) is 0 Å². The molecule has 2 aliphatic rings. The molecular weight excluding hydrogens is 374 g/mol. The summed E-state index contributed by atoms with van der Waals surface area (Å²) in [6.07, 6.45) is -8.05. The van der Waals surface area contributed by atoms with Gasteiger partial charge in [-0.15, -0.1) is 0 Å². The quantitative estimate of drug-likeness (QED) is 0.703. The predicted molar refractivity (Wildman–Crippen MR) is 85.6 cm³/mol. The zero-order chi connectivity index (χ0) is 20.0. The van der Waals surface area contributed by atoms with Gasteiger partial charge in [0.1, 0.15) is 0 Å². The van der Waals surface area contributed by atoms with Gasteiger partial charge in [0.05, 0.1) is 11.1 Å². The molecule has 0 N–H and O–H groups in total. The molecule has 1 aromatic rings. The molecule has 150 valence electrons. The molecule has 1 aromatic carbocycles. The summed E-state index contributed by atoms with van der Waals surface area (Å²) >= 11 is 0. The summed E-state index contributed by atoms with van der Waals surface area (Å²) in [5.41, 5.74) is -2.54. The Bertz CT molecular complexity index is 679. The third-order valence-electron chi connectivity index (χ3n) is 5.44. The molecule has 1 spiro atoms. The van der Waals surface area contributed by atoms with E-state index >= 15 is 0 Å². The normalized spacial score (nSPS) is 20.6. The fraction of sp³-hybridized carbons (Fsp3) is 0.611. The Hall–Kier alpha value is -1.77. The summed E-state index contributed by atoms with van der Waals surface area (Å²) in [6, 6.07) is 1.73. The van der Waals surface area contributed by atoms with E-state index < -0.39 is 23.5 Å². The van der Waals surface area contributed by atoms with Crippen molar-refractivity contribution in [3.8, 4) is 0 Å². The molecule has 0 saturated carbocycles. The molecule has 0 bridgehead atoms. The number of hydrogen-bond acceptors (Lipinski definition) is 2. The Morgan fingerprint density at radius 1 is 0.963 bits per heavy atom. The van der Waals surface area contributed by atoms with Gasteiger partial charge in [0, 0.05) is 39.6 Å². The van der Waals surface area contributed by atoms with Gasteiger partial charge in [0.15, 0.2) is 0 Å². The van der Waals surface area contributed by atoms with Crippen molar-refractivity contribution in [3.63, 3.8) is 0 Å². The second-order valence-corrected chi connectivity index (χ2v) is 7.57. The molecule has 2 heterocycles. The number of nitrogens with zero attached hydrogens (tertiary/aromatic N) is 2. The van der Waals surface area contributed by atoms with Crippen molar-refractivity contribution in [1.82, 2.24) is 9.80 Å². The maximum Gasteiger partial charge on any atom is 0.416 e. The molecule has 0 unspecified atom stereocenters. The summed E-state index contributed by atoms with van der Waals surface area (Å²) in [7, 11) is 0. The molecule has 3 rings (SSSR count). The third-order valence-corrected chi connectivity index (χ3v) is 5.44. The number of amides is 1. The number of rotatable bonds is 2. The Morgan fingerprint density at radius 3 is 1.85 bits per heavy atom. The number of halogens is 6. The SMILES string of the molecule is CC(=O)N1CCC2(CC1)CN(Cc1cc(C(F)(F)F)cc(C(F)(F)F)c1)C2. The summed E-state index contributed by atoms with van der Waals surface area (Å²) in [5.74, 6) is 0.0182. The van der Waals surface area contributed by atoms with Crippen LogP contribution >= 0.6 is 0 Å². The number of piperidine rings is 1. The third kappa shape index (κ3) is 4.39. The van der Waals surface area contributed by atoms with E-state index in [0.29, 0.717) is 26.2 Å². The summed E-state index contributed by atoms with van der Waals surface area (Å²) in [5, 5.41) is 0. The first kappa shape index (κ1) is 20.0. The van der Waals surface area contributed by atoms with Crippen LogP contribution in [0.5, 0.6) is 0 Å². The lowest BCUT2D eigenvalue weighted by Gasteiger charge is -2.54. The van der Waals surface area contributed by atoms with Crippen molar-refractivity contribution in [2.24, 2.45) is 5.41 Å². The maximum atomic E-state index is 12.9. The highest BCUT2D eigenvalue weighted by molar-refractivity contribution is 5.73. The number of benzene rings is 1. The zero-order valence-corrected chi connectivity index (χ0v) is 14.8. The molecule has 2 fully saturated rings. The van der Waals surface area contributed by atoms with Crippen LogP contribution in [0.1, 0.15) is 36.5 Å². The van der Waals surface area contributed by atoms with Crippen LogP contribution in [0.3, 0.4) is 0 Å². The van der Waals surface area contributed by atoms with E-state index in [1.807, 2.05) is 4.90 Å². The van der Waals surface area contributed by atoms with Crippen LogP contribution in [0.25, 0.3) is 0 Å². The van der Waals surface area contributed by atoms with Crippen molar-refractivity contribution in [2.75, 3.05) is 26.2 Å². The van der Waals surface area contributed by atoms with Gasteiger partial charge in [-0.05, 0) is 42.0 Å². The first-order chi connectivity index (χ1) is 12.4. The molecule has 0 radical (unpaired) electrons. The molecule has 0 atom stereocenters. The lowest BCUT2D eigenvalue weighted by Crippen LogP contribution is -2.60. The first-order valence-electron chi connectivity index (χ1n) is 8.64. The minimum absolute atomic E-state index is 0.00757. The average Bonchev–Trinajstić information content (AvgIpc) is 2.52. The van der Waals surface area contributed by atoms with Gasteiger partial charge < -0.3 is 4.90 Å². The van der Waals surface area contributed by atoms with E-state index in [1.54, 1.807) is 4.90 Å².